The average Bonchev–Trinajstić information content (AvgIpc) is 3.66. The number of carbonyl (C=O) groups is 1. The zero-order valence-electron chi connectivity index (χ0n) is 23.0. The van der Waals surface area contributed by atoms with Gasteiger partial charge in [-0.3, -0.25) is 4.79 Å². The summed E-state index contributed by atoms with van der Waals surface area (Å²) in [5.41, 5.74) is 10.8. The van der Waals surface area contributed by atoms with Crippen molar-refractivity contribution in [1.82, 2.24) is 15.0 Å². The first kappa shape index (κ1) is 24.3. The summed E-state index contributed by atoms with van der Waals surface area (Å²) < 4.78 is 5.13. The number of amides is 1. The minimum absolute atomic E-state index is 0.0928. The van der Waals surface area contributed by atoms with Gasteiger partial charge in [0, 0.05) is 30.3 Å². The van der Waals surface area contributed by atoms with Gasteiger partial charge in [-0.2, -0.15) is 4.98 Å². The van der Waals surface area contributed by atoms with E-state index in [1.807, 2.05) is 23.1 Å². The van der Waals surface area contributed by atoms with Gasteiger partial charge in [-0.05, 0) is 122 Å². The predicted molar refractivity (Wildman–Crippen MR) is 153 cm³/mol. The lowest BCUT2D eigenvalue weighted by atomic mass is 9.73. The van der Waals surface area contributed by atoms with Crippen LogP contribution in [0, 0.1) is 13.8 Å². The van der Waals surface area contributed by atoms with Gasteiger partial charge in [0.1, 0.15) is 0 Å². The van der Waals surface area contributed by atoms with Crippen LogP contribution in [-0.4, -0.2) is 47.6 Å². The summed E-state index contributed by atoms with van der Waals surface area (Å²) in [6.45, 7) is 6.95. The first-order chi connectivity index (χ1) is 18.9. The molecule has 0 saturated carbocycles. The molecule has 0 radical (unpaired) electrons. The second kappa shape index (κ2) is 9.16. The lowest BCUT2D eigenvalue weighted by Crippen LogP contribution is -2.39. The number of carbonyl (C=O) groups excluding carboxylic acids is 1. The molecule has 0 bridgehead atoms. The summed E-state index contributed by atoms with van der Waals surface area (Å²) in [6.07, 6.45) is 5.81. The highest BCUT2D eigenvalue weighted by Gasteiger charge is 2.42. The van der Waals surface area contributed by atoms with Crippen LogP contribution in [0.25, 0.3) is 22.5 Å². The minimum atomic E-state index is 0.0928. The predicted octanol–water partition coefficient (Wildman–Crippen LogP) is 6.13. The molecular weight excluding hydrogens is 484 g/mol. The first-order valence-electron chi connectivity index (χ1n) is 14.1. The second-order valence-corrected chi connectivity index (χ2v) is 11.7. The minimum Gasteiger partial charge on any atom is -0.339 e. The van der Waals surface area contributed by atoms with Gasteiger partial charge < -0.3 is 14.3 Å². The third kappa shape index (κ3) is 4.09. The molecule has 1 saturated heterocycles. The Morgan fingerprint density at radius 2 is 1.64 bits per heavy atom. The van der Waals surface area contributed by atoms with E-state index < -0.39 is 0 Å². The van der Waals surface area contributed by atoms with Crippen LogP contribution in [0.5, 0.6) is 0 Å². The summed E-state index contributed by atoms with van der Waals surface area (Å²) in [6, 6.07) is 19.0. The molecule has 1 amide bonds. The SMILES string of the molecule is Cc1nc(-c2ccc(-c3ccc(C(=O)N4CCc5cc6c(cc54)C4(CC6)CCN(C)CC4)cc3)c(C)c2)no1. The summed E-state index contributed by atoms with van der Waals surface area (Å²) in [5, 5.41) is 4.03. The largest absolute Gasteiger partial charge is 0.339 e. The number of benzene rings is 3. The lowest BCUT2D eigenvalue weighted by Gasteiger charge is -2.39. The van der Waals surface area contributed by atoms with Crippen molar-refractivity contribution in [1.29, 1.82) is 0 Å². The number of fused-ring (bicyclic) bond motifs is 3. The fraction of sp³-hybridized carbons (Fsp3) is 0.364. The van der Waals surface area contributed by atoms with E-state index in [9.17, 15) is 4.79 Å². The topological polar surface area (TPSA) is 62.5 Å². The van der Waals surface area contributed by atoms with Crippen molar-refractivity contribution in [3.63, 3.8) is 0 Å². The van der Waals surface area contributed by atoms with Crippen molar-refractivity contribution < 1.29 is 9.32 Å². The van der Waals surface area contributed by atoms with Gasteiger partial charge in [0.2, 0.25) is 11.7 Å². The summed E-state index contributed by atoms with van der Waals surface area (Å²) >= 11 is 0. The van der Waals surface area contributed by atoms with E-state index in [0.717, 1.165) is 59.6 Å². The molecule has 39 heavy (non-hydrogen) atoms. The fourth-order valence-electron chi connectivity index (χ4n) is 6.97. The average molecular weight is 519 g/mol. The van der Waals surface area contributed by atoms with Crippen LogP contribution in [0.4, 0.5) is 5.69 Å². The zero-order valence-corrected chi connectivity index (χ0v) is 23.0. The Bertz CT molecular complexity index is 1580. The van der Waals surface area contributed by atoms with Gasteiger partial charge in [-0.15, -0.1) is 0 Å². The van der Waals surface area contributed by atoms with E-state index in [1.165, 1.54) is 42.4 Å². The molecule has 0 N–H and O–H groups in total. The van der Waals surface area contributed by atoms with E-state index in [4.69, 9.17) is 4.52 Å². The molecule has 3 aliphatic rings. The Labute approximate surface area is 229 Å². The molecule has 6 heteroatoms. The number of aromatic nitrogens is 2. The van der Waals surface area contributed by atoms with Crippen LogP contribution in [0.2, 0.25) is 0 Å². The number of piperidine rings is 1. The van der Waals surface area contributed by atoms with Gasteiger partial charge in [0.25, 0.3) is 5.91 Å². The van der Waals surface area contributed by atoms with E-state index in [1.54, 1.807) is 6.92 Å². The third-order valence-corrected chi connectivity index (χ3v) is 9.29. The number of likely N-dealkylation sites (tertiary alicyclic amines) is 1. The summed E-state index contributed by atoms with van der Waals surface area (Å²) in [5.74, 6) is 1.25. The Morgan fingerprint density at radius 3 is 2.36 bits per heavy atom. The first-order valence-corrected chi connectivity index (χ1v) is 14.1. The lowest BCUT2D eigenvalue weighted by molar-refractivity contribution is 0.0989. The van der Waals surface area contributed by atoms with Gasteiger partial charge in [-0.25, -0.2) is 0 Å². The standard InChI is InChI=1S/C33H34N4O2/c1-21-18-27(31-34-22(2)39-35-31)8-9-28(21)23-4-6-24(7-5-23)32(38)37-15-11-26-19-25-10-12-33(29(25)20-30(26)37)13-16-36(3)17-14-33/h4-9,18-20H,10-17H2,1-3H3. The van der Waals surface area contributed by atoms with E-state index in [-0.39, 0.29) is 5.91 Å². The molecule has 1 aromatic heterocycles. The van der Waals surface area contributed by atoms with E-state index in [2.05, 4.69) is 65.4 Å². The molecule has 1 spiro atoms. The van der Waals surface area contributed by atoms with Crippen LogP contribution >= 0.6 is 0 Å². The normalized spacial score (nSPS) is 18.0. The molecule has 1 fully saturated rings. The maximum Gasteiger partial charge on any atom is 0.258 e. The van der Waals surface area contributed by atoms with Crippen LogP contribution in [-0.2, 0) is 18.3 Å². The number of anilines is 1. The van der Waals surface area contributed by atoms with Crippen LogP contribution in [0.3, 0.4) is 0 Å². The monoisotopic (exact) mass is 518 g/mol. The molecule has 198 valence electrons. The van der Waals surface area contributed by atoms with Crippen LogP contribution in [0.1, 0.15) is 57.8 Å². The quantitative estimate of drug-likeness (QED) is 0.326. The maximum atomic E-state index is 13.7. The highest BCUT2D eigenvalue weighted by atomic mass is 16.5. The van der Waals surface area contributed by atoms with Crippen molar-refractivity contribution >= 4 is 11.6 Å². The number of hydrogen-bond donors (Lipinski definition) is 0. The van der Waals surface area contributed by atoms with Gasteiger partial charge in [-0.1, -0.05) is 35.5 Å². The second-order valence-electron chi connectivity index (χ2n) is 11.7. The molecule has 4 aromatic rings. The van der Waals surface area contributed by atoms with Crippen molar-refractivity contribution in [2.24, 2.45) is 0 Å². The highest BCUT2D eigenvalue weighted by molar-refractivity contribution is 6.07. The van der Waals surface area contributed by atoms with Crippen LogP contribution in [0.15, 0.2) is 59.1 Å². The van der Waals surface area contributed by atoms with Crippen molar-refractivity contribution in [3.05, 3.63) is 88.3 Å². The number of hydrogen-bond acceptors (Lipinski definition) is 5. The summed E-state index contributed by atoms with van der Waals surface area (Å²) in [4.78, 5) is 22.5. The number of rotatable bonds is 3. The van der Waals surface area contributed by atoms with Crippen molar-refractivity contribution in [2.75, 3.05) is 31.6 Å². The molecular formula is C33H34N4O2. The Hall–Kier alpha value is -3.77. The Kier molecular flexibility index (Phi) is 5.70. The van der Waals surface area contributed by atoms with Crippen molar-refractivity contribution in [3.8, 4) is 22.5 Å². The smallest absolute Gasteiger partial charge is 0.258 e. The third-order valence-electron chi connectivity index (χ3n) is 9.29. The number of nitrogens with zero attached hydrogens (tertiary/aromatic N) is 4. The summed E-state index contributed by atoms with van der Waals surface area (Å²) in [7, 11) is 2.23. The molecule has 1 aliphatic carbocycles. The molecule has 3 heterocycles. The van der Waals surface area contributed by atoms with Gasteiger partial charge in [0.15, 0.2) is 0 Å². The Morgan fingerprint density at radius 1 is 0.872 bits per heavy atom. The van der Waals surface area contributed by atoms with E-state index >= 15 is 0 Å². The molecule has 0 atom stereocenters. The Balaban J connectivity index is 1.13. The molecule has 2 aliphatic heterocycles. The zero-order chi connectivity index (χ0) is 26.7. The fourth-order valence-corrected chi connectivity index (χ4v) is 6.97. The molecule has 6 nitrogen and oxygen atoms in total. The molecule has 3 aromatic carbocycles. The maximum absolute atomic E-state index is 13.7. The van der Waals surface area contributed by atoms with Crippen molar-refractivity contribution in [2.45, 2.75) is 51.4 Å². The van der Waals surface area contributed by atoms with Crippen LogP contribution < -0.4 is 4.90 Å². The van der Waals surface area contributed by atoms with Gasteiger partial charge in [0.05, 0.1) is 0 Å². The van der Waals surface area contributed by atoms with Gasteiger partial charge >= 0.3 is 0 Å². The molecule has 0 unspecified atom stereocenters. The molecule has 7 rings (SSSR count). The number of aryl methyl sites for hydroxylation is 3. The highest BCUT2D eigenvalue weighted by Crippen LogP contribution is 2.49. The van der Waals surface area contributed by atoms with E-state index in [0.29, 0.717) is 17.1 Å².